The van der Waals surface area contributed by atoms with Gasteiger partial charge in [-0.15, -0.1) is 0 Å². The van der Waals surface area contributed by atoms with Crippen molar-refractivity contribution in [2.75, 3.05) is 26.2 Å². The van der Waals surface area contributed by atoms with Crippen molar-refractivity contribution in [2.45, 2.75) is 51.4 Å². The molecule has 0 saturated carbocycles. The molecule has 4 heterocycles. The van der Waals surface area contributed by atoms with E-state index >= 15 is 0 Å². The largest absolute Gasteiger partial charge is 0.373 e. The lowest BCUT2D eigenvalue weighted by Crippen LogP contribution is -2.32. The number of hydrogen-bond donors (Lipinski definition) is 0. The van der Waals surface area contributed by atoms with E-state index in [0.717, 1.165) is 63.4 Å². The highest BCUT2D eigenvalue weighted by atomic mass is 16.5. The maximum Gasteiger partial charge on any atom is 0.225 e. The van der Waals surface area contributed by atoms with Gasteiger partial charge in [-0.05, 0) is 38.3 Å². The summed E-state index contributed by atoms with van der Waals surface area (Å²) in [4.78, 5) is 21.3. The summed E-state index contributed by atoms with van der Waals surface area (Å²) in [7, 11) is 0. The molecule has 0 spiro atoms. The quantitative estimate of drug-likeness (QED) is 0.847. The SMILES string of the molecule is Cc1cccc(CN2C[C@@H]3C[C@@H](CC(=O)N4CCCC4)O[C@@H]3C2)n1. The van der Waals surface area contributed by atoms with Gasteiger partial charge in [-0.1, -0.05) is 6.07 Å². The van der Waals surface area contributed by atoms with E-state index in [9.17, 15) is 4.79 Å². The molecule has 3 aliphatic heterocycles. The van der Waals surface area contributed by atoms with Crippen molar-refractivity contribution in [3.05, 3.63) is 29.6 Å². The van der Waals surface area contributed by atoms with E-state index in [2.05, 4.69) is 22.0 Å². The second-order valence-electron chi connectivity index (χ2n) is 7.55. The van der Waals surface area contributed by atoms with E-state index in [1.807, 2.05) is 17.9 Å². The van der Waals surface area contributed by atoms with Crippen LogP contribution in [0.5, 0.6) is 0 Å². The molecule has 0 aromatic carbocycles. The maximum absolute atomic E-state index is 12.3. The molecule has 130 valence electrons. The lowest BCUT2D eigenvalue weighted by Gasteiger charge is -2.21. The fourth-order valence-electron chi connectivity index (χ4n) is 4.42. The molecule has 5 nitrogen and oxygen atoms in total. The Hall–Kier alpha value is -1.46. The molecular formula is C19H27N3O2. The Morgan fingerprint density at radius 1 is 1.29 bits per heavy atom. The molecule has 3 aliphatic rings. The standard InChI is InChI=1S/C19H27N3O2/c1-14-5-4-6-16(20-14)12-21-11-15-9-17(24-18(15)13-21)10-19(23)22-7-2-3-8-22/h4-6,15,17-18H,2-3,7-13H2,1H3/t15-,17-,18+/m0/s1. The number of nitrogens with zero attached hydrogens (tertiary/aromatic N) is 3. The van der Waals surface area contributed by atoms with E-state index < -0.39 is 0 Å². The number of hydrogen-bond acceptors (Lipinski definition) is 4. The third-order valence-corrected chi connectivity index (χ3v) is 5.58. The fourth-order valence-corrected chi connectivity index (χ4v) is 4.42. The van der Waals surface area contributed by atoms with E-state index in [1.54, 1.807) is 0 Å². The van der Waals surface area contributed by atoms with Crippen molar-refractivity contribution in [1.29, 1.82) is 0 Å². The van der Waals surface area contributed by atoms with Crippen LogP contribution in [0.15, 0.2) is 18.2 Å². The third-order valence-electron chi connectivity index (χ3n) is 5.58. The summed E-state index contributed by atoms with van der Waals surface area (Å²) >= 11 is 0. The van der Waals surface area contributed by atoms with Crippen LogP contribution in [0.4, 0.5) is 0 Å². The molecule has 1 aromatic rings. The number of aromatic nitrogens is 1. The highest BCUT2D eigenvalue weighted by Gasteiger charge is 2.42. The molecule has 24 heavy (non-hydrogen) atoms. The first-order chi connectivity index (χ1) is 11.7. The second kappa shape index (κ2) is 6.81. The average Bonchev–Trinajstić information content (AvgIpc) is 3.23. The number of aryl methyl sites for hydroxylation is 1. The number of likely N-dealkylation sites (tertiary alicyclic amines) is 2. The highest BCUT2D eigenvalue weighted by Crippen LogP contribution is 2.35. The average molecular weight is 329 g/mol. The number of amides is 1. The van der Waals surface area contributed by atoms with Crippen molar-refractivity contribution in [1.82, 2.24) is 14.8 Å². The van der Waals surface area contributed by atoms with E-state index in [0.29, 0.717) is 24.3 Å². The molecule has 0 N–H and O–H groups in total. The molecule has 3 saturated heterocycles. The fraction of sp³-hybridized carbons (Fsp3) is 0.684. The number of fused-ring (bicyclic) bond motifs is 1. The summed E-state index contributed by atoms with van der Waals surface area (Å²) in [5.41, 5.74) is 2.21. The second-order valence-corrected chi connectivity index (χ2v) is 7.55. The van der Waals surface area contributed by atoms with Crippen LogP contribution in [0.1, 0.15) is 37.1 Å². The third kappa shape index (κ3) is 3.47. The molecule has 0 bridgehead atoms. The molecule has 0 unspecified atom stereocenters. The maximum atomic E-state index is 12.3. The number of pyridine rings is 1. The van der Waals surface area contributed by atoms with Crippen LogP contribution in [-0.4, -0.2) is 59.1 Å². The van der Waals surface area contributed by atoms with Gasteiger partial charge in [-0.3, -0.25) is 14.7 Å². The minimum absolute atomic E-state index is 0.132. The number of carbonyl (C=O) groups is 1. The van der Waals surface area contributed by atoms with Gasteiger partial charge in [0.2, 0.25) is 5.91 Å². The summed E-state index contributed by atoms with van der Waals surface area (Å²) in [6.45, 7) is 6.84. The first-order valence-corrected chi connectivity index (χ1v) is 9.25. The van der Waals surface area contributed by atoms with Crippen LogP contribution < -0.4 is 0 Å². The van der Waals surface area contributed by atoms with Crippen LogP contribution in [0.25, 0.3) is 0 Å². The summed E-state index contributed by atoms with van der Waals surface area (Å²) in [5.74, 6) is 0.865. The Morgan fingerprint density at radius 3 is 2.88 bits per heavy atom. The Labute approximate surface area is 144 Å². The number of ether oxygens (including phenoxy) is 1. The predicted molar refractivity (Wildman–Crippen MR) is 91.5 cm³/mol. The molecule has 5 heteroatoms. The van der Waals surface area contributed by atoms with Crippen LogP contribution in [0, 0.1) is 12.8 Å². The zero-order valence-corrected chi connectivity index (χ0v) is 14.5. The summed E-state index contributed by atoms with van der Waals surface area (Å²) < 4.78 is 6.20. The number of carbonyl (C=O) groups excluding carboxylic acids is 1. The molecule has 0 radical (unpaired) electrons. The molecule has 1 aromatic heterocycles. The minimum atomic E-state index is 0.132. The predicted octanol–water partition coefficient (Wildman–Crippen LogP) is 1.99. The van der Waals surface area contributed by atoms with Gasteiger partial charge in [0.15, 0.2) is 0 Å². The monoisotopic (exact) mass is 329 g/mol. The number of rotatable bonds is 4. The zero-order valence-electron chi connectivity index (χ0n) is 14.5. The van der Waals surface area contributed by atoms with Crippen LogP contribution in [0.3, 0.4) is 0 Å². The summed E-state index contributed by atoms with van der Waals surface area (Å²) in [6, 6.07) is 6.21. The van der Waals surface area contributed by atoms with E-state index in [1.165, 1.54) is 0 Å². The van der Waals surface area contributed by atoms with Crippen molar-refractivity contribution in [3.8, 4) is 0 Å². The van der Waals surface area contributed by atoms with Crippen LogP contribution >= 0.6 is 0 Å². The Kier molecular flexibility index (Phi) is 4.55. The van der Waals surface area contributed by atoms with Crippen molar-refractivity contribution >= 4 is 5.91 Å². The molecule has 3 atom stereocenters. The van der Waals surface area contributed by atoms with Gasteiger partial charge in [0, 0.05) is 44.3 Å². The molecule has 0 aliphatic carbocycles. The van der Waals surface area contributed by atoms with Crippen LogP contribution in [-0.2, 0) is 16.1 Å². The Balaban J connectivity index is 1.26. The van der Waals surface area contributed by atoms with Crippen LogP contribution in [0.2, 0.25) is 0 Å². The van der Waals surface area contributed by atoms with Gasteiger partial charge in [0.1, 0.15) is 0 Å². The zero-order chi connectivity index (χ0) is 16.5. The van der Waals surface area contributed by atoms with Crippen molar-refractivity contribution < 1.29 is 9.53 Å². The minimum Gasteiger partial charge on any atom is -0.373 e. The normalized spacial score (nSPS) is 30.0. The Morgan fingerprint density at radius 2 is 2.12 bits per heavy atom. The van der Waals surface area contributed by atoms with E-state index in [-0.39, 0.29) is 6.10 Å². The van der Waals surface area contributed by atoms with Gasteiger partial charge in [0.05, 0.1) is 24.3 Å². The highest BCUT2D eigenvalue weighted by molar-refractivity contribution is 5.77. The first-order valence-electron chi connectivity index (χ1n) is 9.25. The summed E-state index contributed by atoms with van der Waals surface area (Å²) in [6.07, 6.45) is 4.35. The molecule has 3 fully saturated rings. The topological polar surface area (TPSA) is 45.7 Å². The lowest BCUT2D eigenvalue weighted by molar-refractivity contribution is -0.132. The van der Waals surface area contributed by atoms with E-state index in [4.69, 9.17) is 4.74 Å². The van der Waals surface area contributed by atoms with Crippen molar-refractivity contribution in [2.24, 2.45) is 5.92 Å². The molecular weight excluding hydrogens is 302 g/mol. The lowest BCUT2D eigenvalue weighted by atomic mass is 10.0. The van der Waals surface area contributed by atoms with Gasteiger partial charge in [0.25, 0.3) is 0 Å². The first kappa shape index (κ1) is 16.0. The van der Waals surface area contributed by atoms with Gasteiger partial charge in [-0.25, -0.2) is 0 Å². The van der Waals surface area contributed by atoms with Gasteiger partial charge < -0.3 is 9.64 Å². The molecule has 4 rings (SSSR count). The van der Waals surface area contributed by atoms with Gasteiger partial charge >= 0.3 is 0 Å². The summed E-state index contributed by atoms with van der Waals surface area (Å²) in [5, 5.41) is 0. The van der Waals surface area contributed by atoms with Crippen molar-refractivity contribution in [3.63, 3.8) is 0 Å². The van der Waals surface area contributed by atoms with Gasteiger partial charge in [-0.2, -0.15) is 0 Å². The molecule has 1 amide bonds. The smallest absolute Gasteiger partial charge is 0.225 e. The Bertz CT molecular complexity index is 586.